The molecule has 0 radical (unpaired) electrons. The molecule has 0 bridgehead atoms. The lowest BCUT2D eigenvalue weighted by Crippen LogP contribution is -2.56. The summed E-state index contributed by atoms with van der Waals surface area (Å²) in [6.07, 6.45) is 0.660. The molecule has 0 aromatic carbocycles. The van der Waals surface area contributed by atoms with Crippen molar-refractivity contribution in [1.29, 1.82) is 0 Å². The van der Waals surface area contributed by atoms with E-state index >= 15 is 0 Å². The quantitative estimate of drug-likeness (QED) is 0.544. The van der Waals surface area contributed by atoms with Gasteiger partial charge in [0.2, 0.25) is 0 Å². The summed E-state index contributed by atoms with van der Waals surface area (Å²) in [6, 6.07) is -0.471. The van der Waals surface area contributed by atoms with Crippen molar-refractivity contribution < 1.29 is 13.2 Å². The predicted molar refractivity (Wildman–Crippen MR) is 50.8 cm³/mol. The number of rotatable bonds is 0. The van der Waals surface area contributed by atoms with Gasteiger partial charge in [0, 0.05) is 0 Å². The lowest BCUT2D eigenvalue weighted by Gasteiger charge is -2.32. The van der Waals surface area contributed by atoms with Gasteiger partial charge in [-0.3, -0.25) is 0 Å². The van der Waals surface area contributed by atoms with Gasteiger partial charge in [-0.25, -0.2) is 13.2 Å². The number of hydrogen-bond donors (Lipinski definition) is 2. The van der Waals surface area contributed by atoms with Crippen LogP contribution in [0.1, 0.15) is 12.8 Å². The lowest BCUT2D eigenvalue weighted by atomic mass is 9.92. The van der Waals surface area contributed by atoms with Gasteiger partial charge in [-0.2, -0.15) is 4.99 Å². The Morgan fingerprint density at radius 1 is 1.36 bits per heavy atom. The molecule has 1 fully saturated rings. The molecule has 0 aromatic heterocycles. The Morgan fingerprint density at radius 2 is 1.93 bits per heavy atom. The van der Waals surface area contributed by atoms with Crippen molar-refractivity contribution in [3.8, 4) is 0 Å². The van der Waals surface area contributed by atoms with Crippen molar-refractivity contribution in [2.45, 2.75) is 18.4 Å². The molecule has 2 heterocycles. The Hall–Kier alpha value is -1.11. The van der Waals surface area contributed by atoms with Crippen LogP contribution in [-0.4, -0.2) is 37.3 Å². The van der Waals surface area contributed by atoms with Gasteiger partial charge < -0.3 is 11.1 Å². The van der Waals surface area contributed by atoms with Crippen LogP contribution in [0.25, 0.3) is 0 Å². The molecule has 1 saturated heterocycles. The van der Waals surface area contributed by atoms with Crippen LogP contribution >= 0.6 is 0 Å². The molecular weight excluding hydrogens is 206 g/mol. The van der Waals surface area contributed by atoms with E-state index in [1.165, 1.54) is 0 Å². The number of carbonyl (C=O) groups is 1. The number of carbonyl (C=O) groups excluding carboxylic acids is 1. The lowest BCUT2D eigenvalue weighted by molar-refractivity contribution is 0.244. The first-order valence-electron chi connectivity index (χ1n) is 4.31. The standard InChI is InChI=1S/C7H11N3O3S/c8-5-7(10-6(11)9-5)1-3-14(12,13)4-2-7/h1-4H2,(H3,8,9,10,11). The minimum absolute atomic E-state index is 0.0590. The third kappa shape index (κ3) is 1.37. The van der Waals surface area contributed by atoms with E-state index in [0.29, 0.717) is 12.8 Å². The minimum atomic E-state index is -2.95. The highest BCUT2D eigenvalue weighted by molar-refractivity contribution is 7.91. The van der Waals surface area contributed by atoms with E-state index < -0.39 is 21.4 Å². The highest BCUT2D eigenvalue weighted by atomic mass is 32.2. The van der Waals surface area contributed by atoms with E-state index in [1.807, 2.05) is 0 Å². The number of sulfone groups is 1. The van der Waals surface area contributed by atoms with E-state index in [1.54, 1.807) is 0 Å². The molecule has 1 spiro atoms. The molecule has 6 nitrogen and oxygen atoms in total. The van der Waals surface area contributed by atoms with E-state index in [4.69, 9.17) is 5.73 Å². The van der Waals surface area contributed by atoms with Crippen molar-refractivity contribution in [3.63, 3.8) is 0 Å². The van der Waals surface area contributed by atoms with Gasteiger partial charge in [0.25, 0.3) is 0 Å². The summed E-state index contributed by atoms with van der Waals surface area (Å²) >= 11 is 0. The fourth-order valence-electron chi connectivity index (χ4n) is 1.78. The van der Waals surface area contributed by atoms with Crippen LogP contribution in [0.3, 0.4) is 0 Å². The van der Waals surface area contributed by atoms with Crippen molar-refractivity contribution in [2.24, 2.45) is 10.7 Å². The van der Waals surface area contributed by atoms with Gasteiger partial charge in [0.15, 0.2) is 9.84 Å². The van der Waals surface area contributed by atoms with E-state index in [-0.39, 0.29) is 17.3 Å². The molecule has 2 aliphatic rings. The normalized spacial score (nSPS) is 28.6. The molecular formula is C7H11N3O3S. The molecule has 14 heavy (non-hydrogen) atoms. The summed E-state index contributed by atoms with van der Waals surface area (Å²) in [5.74, 6) is 0.338. The Kier molecular flexibility index (Phi) is 1.82. The number of hydrogen-bond acceptors (Lipinski definition) is 4. The van der Waals surface area contributed by atoms with Crippen LogP contribution in [0.15, 0.2) is 4.99 Å². The number of amides is 2. The average Bonchev–Trinajstić information content (AvgIpc) is 2.35. The van der Waals surface area contributed by atoms with Crippen LogP contribution in [0.4, 0.5) is 4.79 Å². The molecule has 2 aliphatic heterocycles. The maximum absolute atomic E-state index is 11.2. The topological polar surface area (TPSA) is 102 Å². The van der Waals surface area contributed by atoms with Crippen molar-refractivity contribution in [1.82, 2.24) is 5.32 Å². The van der Waals surface area contributed by atoms with Gasteiger partial charge in [-0.05, 0) is 12.8 Å². The van der Waals surface area contributed by atoms with Gasteiger partial charge in [0.1, 0.15) is 11.4 Å². The zero-order chi connectivity index (χ0) is 10.4. The van der Waals surface area contributed by atoms with Gasteiger partial charge in [-0.1, -0.05) is 0 Å². The summed E-state index contributed by atoms with van der Waals surface area (Å²) in [7, 11) is -2.95. The van der Waals surface area contributed by atoms with Gasteiger partial charge in [-0.15, -0.1) is 0 Å². The maximum atomic E-state index is 11.2. The number of nitrogens with one attached hydrogen (secondary N) is 1. The number of amidine groups is 1. The molecule has 2 amide bonds. The first-order chi connectivity index (χ1) is 6.44. The molecule has 2 rings (SSSR count). The zero-order valence-corrected chi connectivity index (χ0v) is 8.30. The minimum Gasteiger partial charge on any atom is -0.385 e. The Morgan fingerprint density at radius 3 is 2.36 bits per heavy atom. The summed E-state index contributed by atoms with van der Waals surface area (Å²) in [5, 5.41) is 2.62. The first-order valence-corrected chi connectivity index (χ1v) is 6.13. The second-order valence-corrected chi connectivity index (χ2v) is 5.96. The molecule has 7 heteroatoms. The number of nitrogens with two attached hydrogens (primary N) is 1. The number of urea groups is 1. The SMILES string of the molecule is NC1=NC(=O)NC12CCS(=O)(=O)CC2. The maximum Gasteiger partial charge on any atom is 0.343 e. The van der Waals surface area contributed by atoms with Crippen LogP contribution in [-0.2, 0) is 9.84 Å². The summed E-state index contributed by atoms with van der Waals surface area (Å²) in [5.41, 5.74) is 4.90. The molecule has 0 aromatic rings. The third-order valence-corrected chi connectivity index (χ3v) is 4.39. The molecule has 0 saturated carbocycles. The van der Waals surface area contributed by atoms with E-state index in [2.05, 4.69) is 10.3 Å². The van der Waals surface area contributed by atoms with E-state index in [9.17, 15) is 13.2 Å². The van der Waals surface area contributed by atoms with E-state index in [0.717, 1.165) is 0 Å². The fraction of sp³-hybridized carbons (Fsp3) is 0.714. The average molecular weight is 217 g/mol. The molecule has 3 N–H and O–H groups in total. The third-order valence-electron chi connectivity index (χ3n) is 2.74. The summed E-state index contributed by atoms with van der Waals surface area (Å²) in [4.78, 5) is 14.5. The van der Waals surface area contributed by atoms with Crippen LogP contribution in [0.2, 0.25) is 0 Å². The number of aliphatic imine (C=N–C) groups is 1. The summed E-state index contributed by atoms with van der Waals surface area (Å²) < 4.78 is 22.4. The van der Waals surface area contributed by atoms with Crippen LogP contribution in [0, 0.1) is 0 Å². The summed E-state index contributed by atoms with van der Waals surface area (Å²) in [6.45, 7) is 0. The van der Waals surface area contributed by atoms with Crippen LogP contribution < -0.4 is 11.1 Å². The Balaban J connectivity index is 2.23. The fourth-order valence-corrected chi connectivity index (χ4v) is 3.30. The zero-order valence-electron chi connectivity index (χ0n) is 7.49. The molecule has 0 atom stereocenters. The largest absolute Gasteiger partial charge is 0.385 e. The molecule has 0 aliphatic carbocycles. The monoisotopic (exact) mass is 217 g/mol. The Labute approximate surface area is 81.5 Å². The first kappa shape index (κ1) is 9.45. The Bertz CT molecular complexity index is 398. The highest BCUT2D eigenvalue weighted by Crippen LogP contribution is 2.26. The number of nitrogens with zero attached hydrogens (tertiary/aromatic N) is 1. The van der Waals surface area contributed by atoms with Crippen molar-refractivity contribution in [3.05, 3.63) is 0 Å². The van der Waals surface area contributed by atoms with Crippen molar-refractivity contribution >= 4 is 21.7 Å². The predicted octanol–water partition coefficient (Wildman–Crippen LogP) is -0.986. The smallest absolute Gasteiger partial charge is 0.343 e. The van der Waals surface area contributed by atoms with Crippen molar-refractivity contribution in [2.75, 3.05) is 11.5 Å². The second kappa shape index (κ2) is 2.69. The van der Waals surface area contributed by atoms with Gasteiger partial charge >= 0.3 is 6.03 Å². The highest BCUT2D eigenvalue weighted by Gasteiger charge is 2.45. The molecule has 0 unspecified atom stereocenters. The second-order valence-electron chi connectivity index (χ2n) is 3.66. The van der Waals surface area contributed by atoms with Crippen LogP contribution in [0.5, 0.6) is 0 Å². The van der Waals surface area contributed by atoms with Gasteiger partial charge in [0.05, 0.1) is 11.5 Å². The molecule has 78 valence electrons.